The lowest BCUT2D eigenvalue weighted by Crippen LogP contribution is -2.46. The number of sulfonamides is 1. The average Bonchev–Trinajstić information content (AvgIpc) is 3.21. The van der Waals surface area contributed by atoms with E-state index in [9.17, 15) is 18.5 Å². The number of nitro benzene ring substituents is 1. The van der Waals surface area contributed by atoms with Crippen molar-refractivity contribution in [2.45, 2.75) is 42.6 Å². The second-order valence-corrected chi connectivity index (χ2v) is 17.7. The van der Waals surface area contributed by atoms with Crippen LogP contribution in [-0.2, 0) is 16.6 Å². The predicted molar refractivity (Wildman–Crippen MR) is 232 cm³/mol. The molecule has 7 rings (SSSR count). The first-order valence-corrected chi connectivity index (χ1v) is 21.7. The maximum Gasteiger partial charge on any atom is 0.293 e. The van der Waals surface area contributed by atoms with Crippen LogP contribution < -0.4 is 14.9 Å². The number of piperazine rings is 1. The fourth-order valence-electron chi connectivity index (χ4n) is 7.11. The Bertz CT molecular complexity index is 2450. The first kappa shape index (κ1) is 40.0. The maximum absolute atomic E-state index is 13.7. The highest BCUT2D eigenvalue weighted by atomic mass is 35.5. The highest BCUT2D eigenvalue weighted by molar-refractivity contribution is 7.99. The molecule has 0 radical (unpaired) electrons. The molecule has 1 aliphatic rings. The molecule has 1 saturated heterocycles. The SMILES string of the molecule is CC(C)CC(CSc1ccccc1)Nc1ccc(S(=O)(=O)Nc2ncnc3cc(N4CCN(Cc5ccccc5-c5ccc(Cl)cc5)CC4)ccc23)cc1[N+](=O)[O-]. The van der Waals surface area contributed by atoms with Gasteiger partial charge in [-0.05, 0) is 83.6 Å². The number of halogens is 1. The molecule has 0 aliphatic carbocycles. The van der Waals surface area contributed by atoms with Gasteiger partial charge < -0.3 is 10.2 Å². The van der Waals surface area contributed by atoms with Gasteiger partial charge in [0.1, 0.15) is 12.0 Å². The smallest absolute Gasteiger partial charge is 0.293 e. The maximum atomic E-state index is 13.7. The summed E-state index contributed by atoms with van der Waals surface area (Å²) in [6.45, 7) is 8.39. The Balaban J connectivity index is 1.02. The summed E-state index contributed by atoms with van der Waals surface area (Å²) in [6.07, 6.45) is 2.09. The second-order valence-electron chi connectivity index (χ2n) is 14.5. The van der Waals surface area contributed by atoms with E-state index in [0.717, 1.165) is 61.4 Å². The van der Waals surface area contributed by atoms with Crippen LogP contribution in [0.5, 0.6) is 0 Å². The van der Waals surface area contributed by atoms with Crippen LogP contribution >= 0.6 is 23.4 Å². The fraction of sp³-hybridized carbons (Fsp3) is 0.256. The van der Waals surface area contributed by atoms with Crippen LogP contribution in [0.3, 0.4) is 0 Å². The van der Waals surface area contributed by atoms with E-state index in [1.54, 1.807) is 11.8 Å². The Hall–Kier alpha value is -5.21. The van der Waals surface area contributed by atoms with Gasteiger partial charge >= 0.3 is 0 Å². The van der Waals surface area contributed by atoms with Crippen LogP contribution in [0.1, 0.15) is 25.8 Å². The van der Waals surface area contributed by atoms with Crippen molar-refractivity contribution in [3.63, 3.8) is 0 Å². The summed E-state index contributed by atoms with van der Waals surface area (Å²) in [4.78, 5) is 26.0. The van der Waals surface area contributed by atoms with E-state index in [4.69, 9.17) is 11.6 Å². The summed E-state index contributed by atoms with van der Waals surface area (Å²) in [5.41, 5.74) is 5.10. The molecule has 1 atom stereocenters. The standard InChI is InChI=1S/C43H44ClN7O4S2/c1-30(2)24-34(28-56-36-9-4-3-5-10-36)47-40-19-17-37(26-42(40)51(52)53)57(54,55)48-43-39-18-16-35(25-41(39)45-29-46-43)50-22-20-49(21-23-50)27-32-8-6-7-11-38(32)31-12-14-33(44)15-13-31/h3-19,25-26,29-30,34,47H,20-24,27-28H2,1-2H3,(H,45,46,48). The van der Waals surface area contributed by atoms with Gasteiger partial charge in [-0.3, -0.25) is 19.7 Å². The van der Waals surface area contributed by atoms with E-state index in [1.165, 1.54) is 29.6 Å². The molecule has 1 fully saturated rings. The van der Waals surface area contributed by atoms with E-state index < -0.39 is 14.9 Å². The van der Waals surface area contributed by atoms with E-state index in [0.29, 0.717) is 27.6 Å². The largest absolute Gasteiger partial charge is 0.376 e. The van der Waals surface area contributed by atoms with Crippen molar-refractivity contribution < 1.29 is 13.3 Å². The van der Waals surface area contributed by atoms with Crippen molar-refractivity contribution in [1.82, 2.24) is 14.9 Å². The Morgan fingerprint density at radius 2 is 1.61 bits per heavy atom. The van der Waals surface area contributed by atoms with E-state index in [-0.39, 0.29) is 28.1 Å². The molecular formula is C43H44ClN7O4S2. The van der Waals surface area contributed by atoms with Gasteiger partial charge in [0.2, 0.25) is 0 Å². The van der Waals surface area contributed by atoms with E-state index >= 15 is 0 Å². The third-order valence-electron chi connectivity index (χ3n) is 9.94. The summed E-state index contributed by atoms with van der Waals surface area (Å²) in [6, 6.07) is 35.9. The summed E-state index contributed by atoms with van der Waals surface area (Å²) in [5.74, 6) is 1.11. The van der Waals surface area contributed by atoms with Gasteiger partial charge in [0.15, 0.2) is 5.82 Å². The quantitative estimate of drug-likeness (QED) is 0.0586. The van der Waals surface area contributed by atoms with Crippen molar-refractivity contribution in [1.29, 1.82) is 0 Å². The third-order valence-corrected chi connectivity index (χ3v) is 12.7. The van der Waals surface area contributed by atoms with E-state index in [1.807, 2.05) is 60.7 Å². The normalized spacial score (nSPS) is 14.1. The van der Waals surface area contributed by atoms with E-state index in [2.05, 4.69) is 80.1 Å². The predicted octanol–water partition coefficient (Wildman–Crippen LogP) is 9.60. The molecule has 5 aromatic carbocycles. The zero-order chi connectivity index (χ0) is 39.9. The van der Waals surface area contributed by atoms with Crippen molar-refractivity contribution in [2.75, 3.05) is 46.9 Å². The number of nitrogens with one attached hydrogen (secondary N) is 2. The average molecular weight is 822 g/mol. The summed E-state index contributed by atoms with van der Waals surface area (Å²) >= 11 is 7.80. The number of hydrogen-bond acceptors (Lipinski definition) is 10. The van der Waals surface area contributed by atoms with Gasteiger partial charge in [-0.1, -0.05) is 80.0 Å². The fourth-order valence-corrected chi connectivity index (χ4v) is 9.24. The Labute approximate surface area is 342 Å². The van der Waals surface area contributed by atoms with Crippen molar-refractivity contribution in [3.05, 3.63) is 142 Å². The summed E-state index contributed by atoms with van der Waals surface area (Å²) in [7, 11) is -4.26. The number of hydrogen-bond donors (Lipinski definition) is 2. The van der Waals surface area contributed by atoms with Crippen LogP contribution in [0.25, 0.3) is 22.0 Å². The number of benzene rings is 5. The molecule has 14 heteroatoms. The number of anilines is 3. The zero-order valence-corrected chi connectivity index (χ0v) is 34.1. The number of fused-ring (bicyclic) bond motifs is 1. The van der Waals surface area contributed by atoms with Gasteiger partial charge in [0.25, 0.3) is 15.7 Å². The van der Waals surface area contributed by atoms with Crippen molar-refractivity contribution >= 4 is 67.2 Å². The lowest BCUT2D eigenvalue weighted by Gasteiger charge is -2.36. The Kier molecular flexibility index (Phi) is 12.6. The number of nitro groups is 1. The zero-order valence-electron chi connectivity index (χ0n) is 31.7. The molecule has 1 aromatic heterocycles. The Morgan fingerprint density at radius 3 is 2.35 bits per heavy atom. The van der Waals surface area contributed by atoms with Crippen LogP contribution in [-0.4, -0.2) is 66.2 Å². The lowest BCUT2D eigenvalue weighted by atomic mass is 9.99. The van der Waals surface area contributed by atoms with Gasteiger partial charge in [-0.2, -0.15) is 0 Å². The van der Waals surface area contributed by atoms with Gasteiger partial charge in [-0.15, -0.1) is 11.8 Å². The Morgan fingerprint density at radius 1 is 0.877 bits per heavy atom. The molecule has 2 heterocycles. The topological polar surface area (TPSA) is 134 Å². The van der Waals surface area contributed by atoms with Gasteiger partial charge in [-0.25, -0.2) is 18.4 Å². The lowest BCUT2D eigenvalue weighted by molar-refractivity contribution is -0.384. The summed E-state index contributed by atoms with van der Waals surface area (Å²) < 4.78 is 30.0. The minimum atomic E-state index is -4.26. The molecule has 2 N–H and O–H groups in total. The first-order chi connectivity index (χ1) is 27.5. The molecule has 11 nitrogen and oxygen atoms in total. The molecule has 0 amide bonds. The number of thioether (sulfide) groups is 1. The molecule has 6 aromatic rings. The van der Waals surface area contributed by atoms with Crippen LogP contribution in [0.4, 0.5) is 22.9 Å². The second kappa shape index (κ2) is 17.9. The number of aromatic nitrogens is 2. The van der Waals surface area contributed by atoms with Gasteiger partial charge in [0.05, 0.1) is 15.3 Å². The first-order valence-electron chi connectivity index (χ1n) is 18.8. The summed E-state index contributed by atoms with van der Waals surface area (Å²) in [5, 5.41) is 16.8. The van der Waals surface area contributed by atoms with Crippen molar-refractivity contribution in [3.8, 4) is 11.1 Å². The third kappa shape index (κ3) is 10.0. The molecule has 57 heavy (non-hydrogen) atoms. The van der Waals surface area contributed by atoms with Crippen LogP contribution in [0.15, 0.2) is 131 Å². The monoisotopic (exact) mass is 821 g/mol. The molecule has 1 aliphatic heterocycles. The molecule has 0 spiro atoms. The molecule has 1 unspecified atom stereocenters. The minimum Gasteiger partial charge on any atom is -0.376 e. The van der Waals surface area contributed by atoms with Crippen LogP contribution in [0.2, 0.25) is 5.02 Å². The van der Waals surface area contributed by atoms with Crippen LogP contribution in [0, 0.1) is 16.0 Å². The molecule has 0 saturated carbocycles. The minimum absolute atomic E-state index is 0.0844. The molecule has 0 bridgehead atoms. The van der Waals surface area contributed by atoms with Crippen molar-refractivity contribution in [2.24, 2.45) is 5.92 Å². The molecular weight excluding hydrogens is 778 g/mol. The van der Waals surface area contributed by atoms with Gasteiger partial charge in [0, 0.05) is 71.6 Å². The molecule has 294 valence electrons. The number of rotatable bonds is 15. The highest BCUT2D eigenvalue weighted by Crippen LogP contribution is 2.33. The highest BCUT2D eigenvalue weighted by Gasteiger charge is 2.25. The number of nitrogens with zero attached hydrogens (tertiary/aromatic N) is 5.